The molecule has 0 atom stereocenters. The molecule has 0 spiro atoms. The lowest BCUT2D eigenvalue weighted by Crippen LogP contribution is -2.34. The van der Waals surface area contributed by atoms with Gasteiger partial charge in [0.05, 0.1) is 11.6 Å². The minimum atomic E-state index is -0.335. The predicted molar refractivity (Wildman–Crippen MR) is 133 cm³/mol. The Labute approximate surface area is 203 Å². The Balaban J connectivity index is 1.42. The molecule has 162 valence electrons. The number of carbonyl (C=O) groups is 1. The smallest absolute Gasteiger partial charge is 0.257 e. The third-order valence-electron chi connectivity index (χ3n) is 4.60. The van der Waals surface area contributed by atoms with Crippen molar-refractivity contribution in [1.29, 1.82) is 0 Å². The molecule has 1 aromatic heterocycles. The highest BCUT2D eigenvalue weighted by Gasteiger charge is 2.12. The molecule has 9 heteroatoms. The van der Waals surface area contributed by atoms with Gasteiger partial charge in [0.1, 0.15) is 11.3 Å². The molecule has 0 fully saturated rings. The summed E-state index contributed by atoms with van der Waals surface area (Å²) in [4.78, 5) is 17.0. The first kappa shape index (κ1) is 22.3. The highest BCUT2D eigenvalue weighted by atomic mass is 79.9. The van der Waals surface area contributed by atoms with Gasteiger partial charge in [0, 0.05) is 22.7 Å². The second kappa shape index (κ2) is 9.68. The zero-order valence-electron chi connectivity index (χ0n) is 16.8. The zero-order valence-corrected chi connectivity index (χ0v) is 20.0. The van der Waals surface area contributed by atoms with Gasteiger partial charge in [-0.1, -0.05) is 23.7 Å². The van der Waals surface area contributed by atoms with E-state index in [9.17, 15) is 4.79 Å². The Hall–Kier alpha value is -2.94. The van der Waals surface area contributed by atoms with Crippen molar-refractivity contribution in [2.75, 3.05) is 12.4 Å². The number of fused-ring (bicyclic) bond motifs is 1. The van der Waals surface area contributed by atoms with Gasteiger partial charge >= 0.3 is 0 Å². The number of thiocarbonyl (C=S) groups is 1. The molecule has 0 aliphatic rings. The van der Waals surface area contributed by atoms with E-state index in [0.29, 0.717) is 49.9 Å². The summed E-state index contributed by atoms with van der Waals surface area (Å²) >= 11 is 14.6. The lowest BCUT2D eigenvalue weighted by Gasteiger charge is -2.10. The van der Waals surface area contributed by atoms with Gasteiger partial charge in [-0.05, 0) is 82.2 Å². The Kier molecular flexibility index (Phi) is 6.74. The van der Waals surface area contributed by atoms with Crippen LogP contribution in [0.15, 0.2) is 69.6 Å². The van der Waals surface area contributed by atoms with Crippen LogP contribution in [0.25, 0.3) is 11.1 Å². The monoisotopic (exact) mass is 529 g/mol. The Morgan fingerprint density at radius 3 is 2.66 bits per heavy atom. The molecule has 1 heterocycles. The molecule has 0 saturated heterocycles. The van der Waals surface area contributed by atoms with Crippen LogP contribution in [0.3, 0.4) is 0 Å². The molecule has 6 nitrogen and oxygen atoms in total. The van der Waals surface area contributed by atoms with Gasteiger partial charge < -0.3 is 14.5 Å². The number of ether oxygens (including phenoxy) is 1. The highest BCUT2D eigenvalue weighted by molar-refractivity contribution is 9.10. The van der Waals surface area contributed by atoms with Crippen molar-refractivity contribution in [2.45, 2.75) is 6.42 Å². The number of nitrogens with zero attached hydrogens (tertiary/aromatic N) is 1. The summed E-state index contributed by atoms with van der Waals surface area (Å²) in [7, 11) is 1.56. The molecular weight excluding hydrogens is 514 g/mol. The van der Waals surface area contributed by atoms with Gasteiger partial charge in [0.2, 0.25) is 0 Å². The number of methoxy groups -OCH3 is 1. The fraction of sp³-hybridized carbons (Fsp3) is 0.0870. The number of benzene rings is 3. The number of amides is 1. The van der Waals surface area contributed by atoms with Crippen LogP contribution in [0.1, 0.15) is 21.8 Å². The first-order chi connectivity index (χ1) is 15.4. The maximum atomic E-state index is 12.5. The van der Waals surface area contributed by atoms with Crippen LogP contribution in [-0.4, -0.2) is 23.1 Å². The average molecular weight is 531 g/mol. The number of hydrogen-bond donors (Lipinski definition) is 2. The first-order valence-electron chi connectivity index (χ1n) is 9.51. The van der Waals surface area contributed by atoms with E-state index in [-0.39, 0.29) is 11.0 Å². The lowest BCUT2D eigenvalue weighted by molar-refractivity contribution is 0.0977. The van der Waals surface area contributed by atoms with Gasteiger partial charge in [-0.2, -0.15) is 0 Å². The Morgan fingerprint density at radius 1 is 1.16 bits per heavy atom. The van der Waals surface area contributed by atoms with E-state index in [0.717, 1.165) is 5.56 Å². The van der Waals surface area contributed by atoms with Crippen molar-refractivity contribution < 1.29 is 13.9 Å². The minimum Gasteiger partial charge on any atom is -0.496 e. The fourth-order valence-electron chi connectivity index (χ4n) is 3.05. The normalized spacial score (nSPS) is 10.7. The number of aromatic nitrogens is 1. The second-order valence-electron chi connectivity index (χ2n) is 6.85. The molecule has 0 aliphatic carbocycles. The van der Waals surface area contributed by atoms with E-state index >= 15 is 0 Å². The molecule has 0 aliphatic heterocycles. The summed E-state index contributed by atoms with van der Waals surface area (Å²) in [6.07, 6.45) is 0.556. The van der Waals surface area contributed by atoms with Crippen LogP contribution in [0, 0.1) is 0 Å². The van der Waals surface area contributed by atoms with E-state index in [1.165, 1.54) is 0 Å². The summed E-state index contributed by atoms with van der Waals surface area (Å²) in [5.41, 5.74) is 3.53. The Morgan fingerprint density at radius 2 is 1.94 bits per heavy atom. The first-order valence-corrected chi connectivity index (χ1v) is 11.1. The van der Waals surface area contributed by atoms with E-state index in [1.807, 2.05) is 36.4 Å². The maximum Gasteiger partial charge on any atom is 0.257 e. The predicted octanol–water partition coefficient (Wildman–Crippen LogP) is 5.97. The third-order valence-corrected chi connectivity index (χ3v) is 5.68. The largest absolute Gasteiger partial charge is 0.496 e. The average Bonchev–Trinajstić information content (AvgIpc) is 3.16. The Bertz CT molecular complexity index is 1310. The zero-order chi connectivity index (χ0) is 22.7. The summed E-state index contributed by atoms with van der Waals surface area (Å²) in [6, 6.07) is 18.0. The summed E-state index contributed by atoms with van der Waals surface area (Å²) in [5, 5.41) is 6.53. The van der Waals surface area contributed by atoms with Gasteiger partial charge in [-0.3, -0.25) is 10.1 Å². The lowest BCUT2D eigenvalue weighted by atomic mass is 10.1. The van der Waals surface area contributed by atoms with Crippen LogP contribution in [-0.2, 0) is 6.42 Å². The minimum absolute atomic E-state index is 0.172. The standard InChI is InChI=1S/C23H17BrClN3O3S/c1-30-19-8-4-14(11-17(19)24)22(29)28-23(32)26-16-7-9-20-18(12-16)27-21(31-20)10-13-2-5-15(25)6-3-13/h2-9,11-12H,10H2,1H3,(H2,26,28,29,32). The molecule has 0 radical (unpaired) electrons. The van der Waals surface area contributed by atoms with Crippen molar-refractivity contribution in [3.63, 3.8) is 0 Å². The molecule has 32 heavy (non-hydrogen) atoms. The van der Waals surface area contributed by atoms with E-state index in [1.54, 1.807) is 31.4 Å². The van der Waals surface area contributed by atoms with Gasteiger partial charge in [-0.15, -0.1) is 0 Å². The summed E-state index contributed by atoms with van der Waals surface area (Å²) < 4.78 is 11.7. The summed E-state index contributed by atoms with van der Waals surface area (Å²) in [6.45, 7) is 0. The molecule has 1 amide bonds. The maximum absolute atomic E-state index is 12.5. The van der Waals surface area contributed by atoms with Crippen molar-refractivity contribution >= 4 is 67.6 Å². The number of nitrogens with one attached hydrogen (secondary N) is 2. The number of halogens is 2. The third kappa shape index (κ3) is 5.27. The molecule has 0 saturated carbocycles. The van der Waals surface area contributed by atoms with Crippen molar-refractivity contribution in [3.8, 4) is 5.75 Å². The van der Waals surface area contributed by atoms with Crippen LogP contribution in [0.2, 0.25) is 5.02 Å². The molecule has 3 aromatic carbocycles. The van der Waals surface area contributed by atoms with Crippen molar-refractivity contribution in [3.05, 3.63) is 87.2 Å². The molecule has 4 aromatic rings. The number of anilines is 1. The number of rotatable bonds is 5. The highest BCUT2D eigenvalue weighted by Crippen LogP contribution is 2.26. The van der Waals surface area contributed by atoms with Gasteiger partial charge in [0.15, 0.2) is 16.6 Å². The molecule has 4 rings (SSSR count). The molecule has 2 N–H and O–H groups in total. The quantitative estimate of drug-likeness (QED) is 0.310. The van der Waals surface area contributed by atoms with Crippen LogP contribution >= 0.6 is 39.7 Å². The second-order valence-corrected chi connectivity index (χ2v) is 8.55. The topological polar surface area (TPSA) is 76.4 Å². The molecule has 0 bridgehead atoms. The van der Waals surface area contributed by atoms with E-state index < -0.39 is 0 Å². The number of oxazole rings is 1. The van der Waals surface area contributed by atoms with E-state index in [4.69, 9.17) is 33.0 Å². The van der Waals surface area contributed by atoms with Gasteiger partial charge in [-0.25, -0.2) is 4.98 Å². The number of carbonyl (C=O) groups excluding carboxylic acids is 1. The van der Waals surface area contributed by atoms with Crippen LogP contribution in [0.4, 0.5) is 5.69 Å². The summed E-state index contributed by atoms with van der Waals surface area (Å²) in [5.74, 6) is 0.901. The van der Waals surface area contributed by atoms with Crippen molar-refractivity contribution in [1.82, 2.24) is 10.3 Å². The van der Waals surface area contributed by atoms with E-state index in [2.05, 4.69) is 31.5 Å². The van der Waals surface area contributed by atoms with Gasteiger partial charge in [0.25, 0.3) is 5.91 Å². The fourth-order valence-corrected chi connectivity index (χ4v) is 3.93. The van der Waals surface area contributed by atoms with Crippen LogP contribution < -0.4 is 15.4 Å². The SMILES string of the molecule is COc1ccc(C(=O)NC(=S)Nc2ccc3oc(Cc4ccc(Cl)cc4)nc3c2)cc1Br. The number of hydrogen-bond acceptors (Lipinski definition) is 5. The van der Waals surface area contributed by atoms with Crippen LogP contribution in [0.5, 0.6) is 5.75 Å². The van der Waals surface area contributed by atoms with Crippen molar-refractivity contribution in [2.24, 2.45) is 0 Å². The molecular formula is C23H17BrClN3O3S. The molecule has 0 unspecified atom stereocenters.